The second kappa shape index (κ2) is 7.65. The lowest BCUT2D eigenvalue weighted by atomic mass is 9.72. The summed E-state index contributed by atoms with van der Waals surface area (Å²) in [5, 5.41) is 13.6. The number of halogens is 3. The molecule has 2 nitrogen and oxygen atoms in total. The van der Waals surface area contributed by atoms with Crippen molar-refractivity contribution in [2.24, 2.45) is 0 Å². The summed E-state index contributed by atoms with van der Waals surface area (Å²) in [5.74, 6) is 0. The monoisotopic (exact) mass is 423 g/mol. The second-order valence-corrected chi connectivity index (χ2v) is 8.82. The van der Waals surface area contributed by atoms with Crippen LogP contribution in [0.5, 0.6) is 0 Å². The van der Waals surface area contributed by atoms with E-state index in [1.807, 2.05) is 42.5 Å². The van der Waals surface area contributed by atoms with E-state index in [9.17, 15) is 18.3 Å². The quantitative estimate of drug-likeness (QED) is 0.393. The zero-order chi connectivity index (χ0) is 22.3. The molecular formula is C26H24F3NO. The van der Waals surface area contributed by atoms with Crippen LogP contribution in [0.15, 0.2) is 79.0 Å². The van der Waals surface area contributed by atoms with E-state index in [0.29, 0.717) is 16.5 Å². The number of alkyl halides is 3. The zero-order valence-corrected chi connectivity index (χ0v) is 17.4. The van der Waals surface area contributed by atoms with Gasteiger partial charge in [-0.1, -0.05) is 74.5 Å². The first-order valence-electron chi connectivity index (χ1n) is 10.2. The molecule has 1 N–H and O–H groups in total. The third kappa shape index (κ3) is 4.15. The van der Waals surface area contributed by atoms with Crippen LogP contribution in [0, 0.1) is 0 Å². The predicted molar refractivity (Wildman–Crippen MR) is 118 cm³/mol. The van der Waals surface area contributed by atoms with Gasteiger partial charge in [-0.25, -0.2) is 0 Å². The lowest BCUT2D eigenvalue weighted by molar-refractivity contribution is -0.266. The van der Waals surface area contributed by atoms with Crippen LogP contribution in [0.1, 0.15) is 31.4 Å². The maximum Gasteiger partial charge on any atom is 0.417 e. The van der Waals surface area contributed by atoms with Crippen LogP contribution in [-0.2, 0) is 11.8 Å². The summed E-state index contributed by atoms with van der Waals surface area (Å²) in [6, 6.07) is 22.0. The molecule has 0 aliphatic rings. The first kappa shape index (κ1) is 21.3. The fraction of sp³-hybridized carbons (Fsp3) is 0.269. The number of hydrogen-bond acceptors (Lipinski definition) is 2. The lowest BCUT2D eigenvalue weighted by Gasteiger charge is -2.38. The number of fused-ring (bicyclic) bond motifs is 2. The Hall–Kier alpha value is -2.92. The average molecular weight is 423 g/mol. The maximum absolute atomic E-state index is 14.2. The fourth-order valence-corrected chi connectivity index (χ4v) is 4.33. The van der Waals surface area contributed by atoms with Gasteiger partial charge in [-0.2, -0.15) is 13.2 Å². The molecule has 4 rings (SSSR count). The van der Waals surface area contributed by atoms with Gasteiger partial charge in [-0.15, -0.1) is 0 Å². The number of rotatable bonds is 5. The van der Waals surface area contributed by atoms with Crippen LogP contribution in [0.2, 0.25) is 0 Å². The molecule has 0 fully saturated rings. The van der Waals surface area contributed by atoms with Crippen molar-refractivity contribution in [3.8, 4) is 0 Å². The van der Waals surface area contributed by atoms with Gasteiger partial charge in [-0.3, -0.25) is 4.98 Å². The highest BCUT2D eigenvalue weighted by molar-refractivity contribution is 5.83. The Labute approximate surface area is 179 Å². The van der Waals surface area contributed by atoms with Crippen LogP contribution >= 0.6 is 0 Å². The van der Waals surface area contributed by atoms with E-state index in [4.69, 9.17) is 0 Å². The highest BCUT2D eigenvalue weighted by Crippen LogP contribution is 2.44. The number of aliphatic hydroxyl groups is 1. The van der Waals surface area contributed by atoms with E-state index in [0.717, 1.165) is 16.3 Å². The molecule has 0 spiro atoms. The van der Waals surface area contributed by atoms with E-state index < -0.39 is 30.0 Å². The number of hydrogen-bond donors (Lipinski definition) is 1. The van der Waals surface area contributed by atoms with Crippen molar-refractivity contribution < 1.29 is 18.3 Å². The van der Waals surface area contributed by atoms with Crippen LogP contribution in [0.4, 0.5) is 13.2 Å². The van der Waals surface area contributed by atoms with Crippen molar-refractivity contribution in [1.82, 2.24) is 4.98 Å². The third-order valence-electron chi connectivity index (χ3n) is 6.02. The Kier molecular flexibility index (Phi) is 5.26. The fourth-order valence-electron chi connectivity index (χ4n) is 4.33. The molecule has 0 bridgehead atoms. The topological polar surface area (TPSA) is 33.1 Å². The van der Waals surface area contributed by atoms with Crippen LogP contribution in [0.3, 0.4) is 0 Å². The van der Waals surface area contributed by atoms with Gasteiger partial charge in [-0.05, 0) is 45.9 Å². The second-order valence-electron chi connectivity index (χ2n) is 8.82. The van der Waals surface area contributed by atoms with Crippen molar-refractivity contribution in [2.45, 2.75) is 43.9 Å². The van der Waals surface area contributed by atoms with E-state index in [1.54, 1.807) is 44.2 Å². The van der Waals surface area contributed by atoms with Crippen LogP contribution < -0.4 is 0 Å². The summed E-state index contributed by atoms with van der Waals surface area (Å²) >= 11 is 0. The predicted octanol–water partition coefficient (Wildman–Crippen LogP) is 6.59. The van der Waals surface area contributed by atoms with Gasteiger partial charge in [0, 0.05) is 18.0 Å². The summed E-state index contributed by atoms with van der Waals surface area (Å²) in [6.45, 7) is 3.50. The number of nitrogens with zero attached hydrogens (tertiary/aromatic N) is 1. The summed E-state index contributed by atoms with van der Waals surface area (Å²) in [5.41, 5.74) is -1.99. The van der Waals surface area contributed by atoms with Gasteiger partial charge in [0.15, 0.2) is 5.60 Å². The standard InChI is InChI=1S/C26H24F3NO/c1-24(2,21-12-11-18-7-3-4-8-19(18)15-21)17-25(31,26(27,28)29)16-20-13-14-30-23-10-6-5-9-22(20)23/h3-15,31H,16-17H2,1-2H3. The number of aromatic nitrogens is 1. The minimum absolute atomic E-state index is 0.430. The molecular weight excluding hydrogens is 399 g/mol. The number of benzene rings is 3. The molecule has 0 aliphatic carbocycles. The van der Waals surface area contributed by atoms with Gasteiger partial charge in [0.1, 0.15) is 0 Å². The molecule has 1 unspecified atom stereocenters. The smallest absolute Gasteiger partial charge is 0.380 e. The van der Waals surface area contributed by atoms with Crippen molar-refractivity contribution in [3.05, 3.63) is 90.1 Å². The largest absolute Gasteiger partial charge is 0.417 e. The van der Waals surface area contributed by atoms with Gasteiger partial charge in [0.25, 0.3) is 0 Å². The molecule has 1 aromatic heterocycles. The minimum atomic E-state index is -4.79. The molecule has 1 heterocycles. The highest BCUT2D eigenvalue weighted by atomic mass is 19.4. The SMILES string of the molecule is CC(C)(CC(O)(Cc1ccnc2ccccc12)C(F)(F)F)c1ccc2ccccc2c1. The molecule has 160 valence electrons. The molecule has 0 saturated carbocycles. The Morgan fingerprint density at radius 1 is 0.839 bits per heavy atom. The molecule has 5 heteroatoms. The number of pyridine rings is 1. The lowest BCUT2D eigenvalue weighted by Crippen LogP contribution is -2.50. The normalized spacial score (nSPS) is 14.6. The molecule has 0 radical (unpaired) electrons. The summed E-state index contributed by atoms with van der Waals surface area (Å²) < 4.78 is 42.7. The van der Waals surface area contributed by atoms with Gasteiger partial charge < -0.3 is 5.11 Å². The van der Waals surface area contributed by atoms with E-state index in [2.05, 4.69) is 4.98 Å². The van der Waals surface area contributed by atoms with Crippen molar-refractivity contribution >= 4 is 21.7 Å². The maximum atomic E-state index is 14.2. The molecule has 0 saturated heterocycles. The zero-order valence-electron chi connectivity index (χ0n) is 17.4. The van der Waals surface area contributed by atoms with E-state index >= 15 is 0 Å². The molecule has 0 aliphatic heterocycles. The Balaban J connectivity index is 1.73. The van der Waals surface area contributed by atoms with Crippen molar-refractivity contribution in [1.29, 1.82) is 0 Å². The molecule has 4 aromatic rings. The average Bonchev–Trinajstić information content (AvgIpc) is 2.72. The van der Waals surface area contributed by atoms with Crippen LogP contribution in [-0.4, -0.2) is 21.9 Å². The van der Waals surface area contributed by atoms with Gasteiger partial charge in [0.05, 0.1) is 5.52 Å². The molecule has 31 heavy (non-hydrogen) atoms. The first-order valence-corrected chi connectivity index (χ1v) is 10.2. The number of para-hydroxylation sites is 1. The Morgan fingerprint density at radius 3 is 2.26 bits per heavy atom. The van der Waals surface area contributed by atoms with Gasteiger partial charge in [0.2, 0.25) is 0 Å². The third-order valence-corrected chi connectivity index (χ3v) is 6.02. The van der Waals surface area contributed by atoms with Gasteiger partial charge >= 0.3 is 6.18 Å². The highest BCUT2D eigenvalue weighted by Gasteiger charge is 2.55. The Bertz CT molecular complexity index is 1230. The molecule has 1 atom stereocenters. The van der Waals surface area contributed by atoms with E-state index in [-0.39, 0.29) is 0 Å². The molecule has 3 aromatic carbocycles. The Morgan fingerprint density at radius 2 is 1.52 bits per heavy atom. The molecule has 0 amide bonds. The van der Waals surface area contributed by atoms with Crippen LogP contribution in [0.25, 0.3) is 21.7 Å². The van der Waals surface area contributed by atoms with Crippen molar-refractivity contribution in [3.63, 3.8) is 0 Å². The first-order chi connectivity index (χ1) is 14.6. The van der Waals surface area contributed by atoms with Crippen molar-refractivity contribution in [2.75, 3.05) is 0 Å². The summed E-state index contributed by atoms with van der Waals surface area (Å²) in [4.78, 5) is 4.22. The summed E-state index contributed by atoms with van der Waals surface area (Å²) in [6.07, 6.45) is -4.29. The minimum Gasteiger partial charge on any atom is -0.380 e. The summed E-state index contributed by atoms with van der Waals surface area (Å²) in [7, 11) is 0. The van der Waals surface area contributed by atoms with E-state index in [1.165, 1.54) is 6.20 Å².